The first-order valence-electron chi connectivity index (χ1n) is 7.95. The molecule has 3 aliphatic rings. The van der Waals surface area contributed by atoms with E-state index in [1.807, 2.05) is 29.2 Å². The van der Waals surface area contributed by atoms with Gasteiger partial charge < -0.3 is 9.64 Å². The summed E-state index contributed by atoms with van der Waals surface area (Å²) in [5, 5.41) is 0. The third-order valence-corrected chi connectivity index (χ3v) is 5.38. The number of amides is 1. The van der Waals surface area contributed by atoms with Crippen LogP contribution in [0, 0.1) is 0 Å². The van der Waals surface area contributed by atoms with Gasteiger partial charge in [0.25, 0.3) is 5.91 Å². The van der Waals surface area contributed by atoms with E-state index in [2.05, 4.69) is 30.3 Å². The maximum Gasteiger partial charge on any atom is 0.256 e. The standard InChI is InChI=1S/C19H17NO2/c21-18-15-8-4-5-9-16(15)19-17(13-6-2-1-3-7-13)12-14(22-19)10-11-20(18)19/h1-9,14,17H,10-12H2/t14-,17-,19-/m0/s1. The second kappa shape index (κ2) is 4.20. The lowest BCUT2D eigenvalue weighted by atomic mass is 9.83. The van der Waals surface area contributed by atoms with Gasteiger partial charge >= 0.3 is 0 Å². The molecule has 2 bridgehead atoms. The molecule has 2 aromatic rings. The summed E-state index contributed by atoms with van der Waals surface area (Å²) in [7, 11) is 0. The van der Waals surface area contributed by atoms with E-state index in [4.69, 9.17) is 4.74 Å². The number of rotatable bonds is 1. The highest BCUT2D eigenvalue weighted by molar-refractivity contribution is 6.00. The van der Waals surface area contributed by atoms with Crippen LogP contribution < -0.4 is 0 Å². The number of ether oxygens (including phenoxy) is 1. The van der Waals surface area contributed by atoms with Crippen LogP contribution in [0.5, 0.6) is 0 Å². The van der Waals surface area contributed by atoms with Gasteiger partial charge in [0.15, 0.2) is 5.72 Å². The summed E-state index contributed by atoms with van der Waals surface area (Å²) < 4.78 is 6.48. The average Bonchev–Trinajstić information content (AvgIpc) is 3.02. The lowest BCUT2D eigenvalue weighted by Crippen LogP contribution is -2.50. The van der Waals surface area contributed by atoms with Crippen LogP contribution in [-0.2, 0) is 10.5 Å². The van der Waals surface area contributed by atoms with Crippen LogP contribution in [0.15, 0.2) is 54.6 Å². The predicted molar refractivity (Wildman–Crippen MR) is 82.4 cm³/mol. The molecule has 5 rings (SSSR count). The molecule has 0 N–H and O–H groups in total. The summed E-state index contributed by atoms with van der Waals surface area (Å²) in [5.41, 5.74) is 2.54. The molecule has 2 saturated heterocycles. The van der Waals surface area contributed by atoms with Crippen LogP contribution >= 0.6 is 0 Å². The van der Waals surface area contributed by atoms with Gasteiger partial charge in [-0.05, 0) is 24.5 Å². The van der Waals surface area contributed by atoms with Crippen molar-refractivity contribution in [2.75, 3.05) is 6.54 Å². The molecule has 1 amide bonds. The fourth-order valence-corrected chi connectivity index (χ4v) is 4.50. The number of hydrogen-bond donors (Lipinski definition) is 0. The second-order valence-corrected chi connectivity index (χ2v) is 6.43. The van der Waals surface area contributed by atoms with E-state index in [0.29, 0.717) is 0 Å². The zero-order valence-corrected chi connectivity index (χ0v) is 12.2. The molecule has 3 heterocycles. The highest BCUT2D eigenvalue weighted by atomic mass is 16.5. The molecule has 0 unspecified atom stereocenters. The molecule has 3 aliphatic heterocycles. The molecule has 22 heavy (non-hydrogen) atoms. The average molecular weight is 291 g/mol. The topological polar surface area (TPSA) is 29.5 Å². The van der Waals surface area contributed by atoms with Gasteiger partial charge in [-0.2, -0.15) is 0 Å². The summed E-state index contributed by atoms with van der Waals surface area (Å²) >= 11 is 0. The highest BCUT2D eigenvalue weighted by Crippen LogP contribution is 2.58. The van der Waals surface area contributed by atoms with E-state index < -0.39 is 5.72 Å². The van der Waals surface area contributed by atoms with Crippen molar-refractivity contribution in [2.45, 2.75) is 30.6 Å². The summed E-state index contributed by atoms with van der Waals surface area (Å²) in [4.78, 5) is 14.8. The Kier molecular flexibility index (Phi) is 2.37. The molecule has 3 atom stereocenters. The van der Waals surface area contributed by atoms with Crippen molar-refractivity contribution in [3.63, 3.8) is 0 Å². The van der Waals surface area contributed by atoms with E-state index in [1.54, 1.807) is 0 Å². The maximum absolute atomic E-state index is 12.8. The van der Waals surface area contributed by atoms with Gasteiger partial charge in [-0.3, -0.25) is 4.79 Å². The molecular weight excluding hydrogens is 274 g/mol. The fraction of sp³-hybridized carbons (Fsp3) is 0.316. The SMILES string of the molecule is O=C1c2ccccc2[C@@]23O[C@@H](CCN12)C[C@H]3c1ccccc1. The van der Waals surface area contributed by atoms with Crippen LogP contribution in [-0.4, -0.2) is 23.5 Å². The molecular formula is C19H17NO2. The summed E-state index contributed by atoms with van der Waals surface area (Å²) in [6.45, 7) is 0.793. The van der Waals surface area contributed by atoms with Crippen molar-refractivity contribution in [3.8, 4) is 0 Å². The largest absolute Gasteiger partial charge is 0.347 e. The number of nitrogens with zero attached hydrogens (tertiary/aromatic N) is 1. The van der Waals surface area contributed by atoms with Crippen molar-refractivity contribution in [2.24, 2.45) is 0 Å². The highest BCUT2D eigenvalue weighted by Gasteiger charge is 2.62. The van der Waals surface area contributed by atoms with Crippen LogP contribution in [0.25, 0.3) is 0 Å². The normalized spacial score (nSPS) is 32.0. The Labute approximate surface area is 129 Å². The monoisotopic (exact) mass is 291 g/mol. The fourth-order valence-electron chi connectivity index (χ4n) is 4.50. The van der Waals surface area contributed by atoms with E-state index in [0.717, 1.165) is 30.5 Å². The molecule has 3 nitrogen and oxygen atoms in total. The number of fused-ring (bicyclic) bond motifs is 2. The summed E-state index contributed by atoms with van der Waals surface area (Å²) in [5.74, 6) is 0.339. The van der Waals surface area contributed by atoms with Gasteiger partial charge in [-0.1, -0.05) is 48.5 Å². The van der Waals surface area contributed by atoms with Crippen molar-refractivity contribution in [1.82, 2.24) is 4.90 Å². The van der Waals surface area contributed by atoms with Crippen LogP contribution in [0.4, 0.5) is 0 Å². The first-order chi connectivity index (χ1) is 10.8. The lowest BCUT2D eigenvalue weighted by molar-refractivity contribution is -0.166. The van der Waals surface area contributed by atoms with Gasteiger partial charge in [0.1, 0.15) is 0 Å². The number of carbonyl (C=O) groups excluding carboxylic acids is 1. The first kappa shape index (κ1) is 12.4. The molecule has 2 aromatic carbocycles. The zero-order valence-electron chi connectivity index (χ0n) is 12.2. The molecule has 0 aliphatic carbocycles. The smallest absolute Gasteiger partial charge is 0.256 e. The molecule has 3 heteroatoms. The van der Waals surface area contributed by atoms with Gasteiger partial charge in [-0.25, -0.2) is 0 Å². The Balaban J connectivity index is 1.75. The third-order valence-electron chi connectivity index (χ3n) is 5.38. The Morgan fingerprint density at radius 1 is 1.05 bits per heavy atom. The molecule has 0 saturated carbocycles. The molecule has 1 spiro atoms. The molecule has 0 aromatic heterocycles. The van der Waals surface area contributed by atoms with E-state index in [1.165, 1.54) is 5.56 Å². The molecule has 0 radical (unpaired) electrons. The Hall–Kier alpha value is -2.13. The summed E-state index contributed by atoms with van der Waals surface area (Å²) in [6, 6.07) is 18.4. The Bertz CT molecular complexity index is 757. The molecule has 2 fully saturated rings. The third kappa shape index (κ3) is 1.37. The van der Waals surface area contributed by atoms with E-state index in [9.17, 15) is 4.79 Å². The van der Waals surface area contributed by atoms with Gasteiger partial charge in [0.2, 0.25) is 0 Å². The number of benzene rings is 2. The minimum atomic E-state index is -0.585. The van der Waals surface area contributed by atoms with Crippen LogP contribution in [0.1, 0.15) is 40.2 Å². The van der Waals surface area contributed by atoms with E-state index >= 15 is 0 Å². The quantitative estimate of drug-likeness (QED) is 0.807. The lowest BCUT2D eigenvalue weighted by Gasteiger charge is -2.42. The Morgan fingerprint density at radius 3 is 2.68 bits per heavy atom. The minimum Gasteiger partial charge on any atom is -0.347 e. The number of hydrogen-bond acceptors (Lipinski definition) is 2. The van der Waals surface area contributed by atoms with Crippen molar-refractivity contribution in [3.05, 3.63) is 71.3 Å². The number of carbonyl (C=O) groups is 1. The first-order valence-corrected chi connectivity index (χ1v) is 7.95. The van der Waals surface area contributed by atoms with Gasteiger partial charge in [0, 0.05) is 23.6 Å². The van der Waals surface area contributed by atoms with Crippen molar-refractivity contribution < 1.29 is 9.53 Å². The summed E-state index contributed by atoms with van der Waals surface area (Å²) in [6.07, 6.45) is 2.17. The predicted octanol–water partition coefficient (Wildman–Crippen LogP) is 3.27. The van der Waals surface area contributed by atoms with Gasteiger partial charge in [0.05, 0.1) is 6.10 Å². The van der Waals surface area contributed by atoms with E-state index in [-0.39, 0.29) is 17.9 Å². The maximum atomic E-state index is 12.8. The van der Waals surface area contributed by atoms with Crippen LogP contribution in [0.2, 0.25) is 0 Å². The van der Waals surface area contributed by atoms with Gasteiger partial charge in [-0.15, -0.1) is 0 Å². The van der Waals surface area contributed by atoms with Crippen molar-refractivity contribution in [1.29, 1.82) is 0 Å². The Morgan fingerprint density at radius 2 is 1.82 bits per heavy atom. The van der Waals surface area contributed by atoms with Crippen LogP contribution in [0.3, 0.4) is 0 Å². The minimum absolute atomic E-state index is 0.122. The molecule has 110 valence electrons. The van der Waals surface area contributed by atoms with Crippen molar-refractivity contribution >= 4 is 5.91 Å². The zero-order chi connectivity index (χ0) is 14.7. The second-order valence-electron chi connectivity index (χ2n) is 6.43.